The van der Waals surface area contributed by atoms with E-state index >= 15 is 0 Å². The van der Waals surface area contributed by atoms with E-state index < -0.39 is 11.2 Å². The fraction of sp³-hybridized carbons (Fsp3) is 0.353. The molecule has 0 spiro atoms. The van der Waals surface area contributed by atoms with Crippen LogP contribution in [0.2, 0.25) is 0 Å². The summed E-state index contributed by atoms with van der Waals surface area (Å²) in [5, 5.41) is 17.0. The van der Waals surface area contributed by atoms with Crippen LogP contribution in [0.4, 0.5) is 16.3 Å². The third kappa shape index (κ3) is 11.9. The summed E-state index contributed by atoms with van der Waals surface area (Å²) in [6, 6.07) is 17.9. The summed E-state index contributed by atoms with van der Waals surface area (Å²) >= 11 is 0. The molecule has 0 bridgehead atoms. The van der Waals surface area contributed by atoms with Gasteiger partial charge >= 0.3 is 12.1 Å². The number of anilines is 2. The molecule has 4 aromatic rings. The fourth-order valence-corrected chi connectivity index (χ4v) is 4.79. The maximum absolute atomic E-state index is 13.6. The Morgan fingerprint density at radius 1 is 1.04 bits per heavy atom. The molecule has 50 heavy (non-hydrogen) atoms. The highest BCUT2D eigenvalue weighted by atomic mass is 16.9. The molecule has 16 nitrogen and oxygen atoms in total. The molecule has 16 heteroatoms. The maximum Gasteiger partial charge on any atom is 0.435 e. The van der Waals surface area contributed by atoms with E-state index in [1.165, 1.54) is 4.90 Å². The number of amidine groups is 1. The number of hydrogen-bond acceptors (Lipinski definition) is 10. The Morgan fingerprint density at radius 2 is 1.76 bits per heavy atom. The second kappa shape index (κ2) is 19.7. The smallest absolute Gasteiger partial charge is 0.435 e. The number of carbonyl (C=O) groups is 3. The number of rotatable bonds is 15. The van der Waals surface area contributed by atoms with Gasteiger partial charge in [0, 0.05) is 36.6 Å². The predicted molar refractivity (Wildman–Crippen MR) is 187 cm³/mol. The monoisotopic (exact) mass is 690 g/mol. The van der Waals surface area contributed by atoms with Crippen LogP contribution in [0.15, 0.2) is 71.9 Å². The van der Waals surface area contributed by atoms with Crippen LogP contribution in [-0.4, -0.2) is 68.4 Å². The molecular weight excluding hydrogens is 648 g/mol. The summed E-state index contributed by atoms with van der Waals surface area (Å²) in [5.41, 5.74) is 9.40. The van der Waals surface area contributed by atoms with Crippen LogP contribution in [0.5, 0.6) is 0 Å². The number of amides is 2. The van der Waals surface area contributed by atoms with E-state index in [2.05, 4.69) is 22.2 Å². The predicted octanol–water partition coefficient (Wildman–Crippen LogP) is 5.25. The summed E-state index contributed by atoms with van der Waals surface area (Å²) < 4.78 is 12.1. The van der Waals surface area contributed by atoms with E-state index in [1.54, 1.807) is 55.6 Å². The molecule has 0 fully saturated rings. The van der Waals surface area contributed by atoms with Crippen LogP contribution in [0.25, 0.3) is 11.0 Å². The number of fused-ring (bicyclic) bond motifs is 1. The molecule has 0 aliphatic heterocycles. The van der Waals surface area contributed by atoms with Crippen molar-refractivity contribution < 1.29 is 34.2 Å². The number of nitrogens with two attached hydrogens (primary N) is 1. The van der Waals surface area contributed by atoms with Gasteiger partial charge in [0.05, 0.1) is 37.2 Å². The Balaban J connectivity index is 0.00000160. The number of aromatic nitrogens is 3. The number of hydrogen-bond donors (Lipinski definition) is 3. The largest absolute Gasteiger partial charge is 0.466 e. The number of pyridine rings is 1. The van der Waals surface area contributed by atoms with E-state index in [1.807, 2.05) is 29.8 Å². The average molecular weight is 691 g/mol. The van der Waals surface area contributed by atoms with Gasteiger partial charge in [-0.1, -0.05) is 32.3 Å². The van der Waals surface area contributed by atoms with Crippen LogP contribution in [-0.2, 0) is 27.9 Å². The zero-order valence-corrected chi connectivity index (χ0v) is 28.3. The van der Waals surface area contributed by atoms with Gasteiger partial charge in [-0.25, -0.2) is 14.8 Å². The summed E-state index contributed by atoms with van der Waals surface area (Å²) in [6.07, 6.45) is 4.99. The molecule has 2 aromatic heterocycles. The number of aryl methyl sites for hydroxylation is 1. The van der Waals surface area contributed by atoms with Gasteiger partial charge in [0.25, 0.3) is 11.0 Å². The number of aliphatic imine (C=N–C) groups is 1. The van der Waals surface area contributed by atoms with Crippen LogP contribution in [0.3, 0.4) is 0 Å². The zero-order valence-electron chi connectivity index (χ0n) is 28.3. The molecule has 2 heterocycles. The first-order valence-corrected chi connectivity index (χ1v) is 16.1. The van der Waals surface area contributed by atoms with E-state index in [-0.39, 0.29) is 37.3 Å². The number of nitrogens with one attached hydrogen (secondary N) is 1. The van der Waals surface area contributed by atoms with E-state index in [9.17, 15) is 14.4 Å². The van der Waals surface area contributed by atoms with Gasteiger partial charge in [-0.05, 0) is 67.9 Å². The summed E-state index contributed by atoms with van der Waals surface area (Å²) in [7, 11) is 1.91. The standard InChI is InChI=1S/C34H41N7O5.HNO3/c1-4-6-7-10-21-46-34(44)39-32(35)24-12-15-26(16-13-24)37-23-30-38-27-22-25(14-17-28(27)40(30)3)33(43)41(20-18-31(42)45-5-2)29-11-8-9-19-36-29;2-1(3)4/h8-9,11-17,19,22,37H,4-7,10,18,20-21,23H2,1-3H3,(H2,35,39,44);(H,2,3,4). The number of ether oxygens (including phenoxy) is 2. The third-order valence-electron chi connectivity index (χ3n) is 7.30. The highest BCUT2D eigenvalue weighted by Crippen LogP contribution is 2.21. The molecule has 0 atom stereocenters. The van der Waals surface area contributed by atoms with Crippen molar-refractivity contribution in [1.82, 2.24) is 14.5 Å². The Morgan fingerprint density at radius 3 is 2.42 bits per heavy atom. The second-order valence-corrected chi connectivity index (χ2v) is 10.8. The molecule has 0 aliphatic rings. The zero-order chi connectivity index (χ0) is 36.5. The molecule has 266 valence electrons. The molecule has 0 saturated heterocycles. The van der Waals surface area contributed by atoms with Gasteiger partial charge in [-0.2, -0.15) is 4.99 Å². The van der Waals surface area contributed by atoms with E-state index in [4.69, 9.17) is 35.5 Å². The Kier molecular flexibility index (Phi) is 15.1. The molecule has 2 aromatic carbocycles. The number of unbranched alkanes of at least 4 members (excludes halogenated alkanes) is 3. The Bertz CT molecular complexity index is 1760. The van der Waals surface area contributed by atoms with Gasteiger partial charge in [0.2, 0.25) is 0 Å². The first-order chi connectivity index (χ1) is 24.0. The summed E-state index contributed by atoms with van der Waals surface area (Å²) in [6.45, 7) is 5.02. The lowest BCUT2D eigenvalue weighted by atomic mass is 10.1. The molecular formula is C34H42N8O8. The number of carbonyl (C=O) groups excluding carboxylic acids is 3. The first kappa shape index (κ1) is 38.4. The van der Waals surface area contributed by atoms with Crippen molar-refractivity contribution in [3.05, 3.63) is 93.9 Å². The van der Waals surface area contributed by atoms with Crippen molar-refractivity contribution in [2.24, 2.45) is 17.8 Å². The molecule has 0 aliphatic carbocycles. The molecule has 0 saturated carbocycles. The van der Waals surface area contributed by atoms with Crippen molar-refractivity contribution in [3.8, 4) is 0 Å². The Hall–Kier alpha value is -6.06. The highest BCUT2D eigenvalue weighted by Gasteiger charge is 2.21. The van der Waals surface area contributed by atoms with Crippen molar-refractivity contribution in [1.29, 1.82) is 0 Å². The average Bonchev–Trinajstić information content (AvgIpc) is 3.42. The summed E-state index contributed by atoms with van der Waals surface area (Å²) in [4.78, 5) is 60.4. The first-order valence-electron chi connectivity index (χ1n) is 16.1. The fourth-order valence-electron chi connectivity index (χ4n) is 4.79. The van der Waals surface area contributed by atoms with Gasteiger partial charge < -0.3 is 30.3 Å². The van der Waals surface area contributed by atoms with Gasteiger partial charge in [-0.3, -0.25) is 14.5 Å². The lowest BCUT2D eigenvalue weighted by Gasteiger charge is -2.21. The third-order valence-corrected chi connectivity index (χ3v) is 7.30. The van der Waals surface area contributed by atoms with Crippen LogP contribution < -0.4 is 16.0 Å². The Labute approximate surface area is 289 Å². The molecule has 2 amide bonds. The topological polar surface area (TPSA) is 217 Å². The minimum atomic E-state index is -1.50. The van der Waals surface area contributed by atoms with Gasteiger partial charge in [-0.15, -0.1) is 10.1 Å². The molecule has 0 radical (unpaired) electrons. The van der Waals surface area contributed by atoms with E-state index in [0.29, 0.717) is 35.6 Å². The minimum absolute atomic E-state index is 0.0455. The number of benzene rings is 2. The van der Waals surface area contributed by atoms with E-state index in [0.717, 1.165) is 42.7 Å². The number of nitrogens with zero attached hydrogens (tertiary/aromatic N) is 6. The van der Waals surface area contributed by atoms with Crippen molar-refractivity contribution in [2.45, 2.75) is 52.5 Å². The molecule has 4 rings (SSSR count). The van der Waals surface area contributed by atoms with Gasteiger partial charge in [0.15, 0.2) is 0 Å². The minimum Gasteiger partial charge on any atom is -0.466 e. The van der Waals surface area contributed by atoms with Crippen molar-refractivity contribution >= 4 is 46.3 Å². The summed E-state index contributed by atoms with van der Waals surface area (Å²) in [5.74, 6) is 0.620. The SMILES string of the molecule is CCCCCCOC(=O)/N=C(/N)c1ccc(NCc2nc3cc(C(=O)N(CCC(=O)OCC)c4ccccn4)ccc3n2C)cc1.O=[N+]([O-])O. The maximum atomic E-state index is 13.6. The van der Waals surface area contributed by atoms with Crippen molar-refractivity contribution in [3.63, 3.8) is 0 Å². The van der Waals surface area contributed by atoms with Crippen molar-refractivity contribution in [2.75, 3.05) is 30.0 Å². The highest BCUT2D eigenvalue weighted by molar-refractivity contribution is 6.07. The molecule has 0 unspecified atom stereocenters. The van der Waals surface area contributed by atoms with Gasteiger partial charge in [0.1, 0.15) is 17.5 Å². The number of esters is 1. The van der Waals surface area contributed by atoms with Crippen LogP contribution in [0.1, 0.15) is 67.7 Å². The normalized spacial score (nSPS) is 10.9. The lowest BCUT2D eigenvalue weighted by molar-refractivity contribution is -0.742. The van der Waals surface area contributed by atoms with Crippen LogP contribution in [0, 0.1) is 10.1 Å². The quantitative estimate of drug-likeness (QED) is 0.0364. The second-order valence-electron chi connectivity index (χ2n) is 10.8. The lowest BCUT2D eigenvalue weighted by Crippen LogP contribution is -2.34. The number of imidazole rings is 1. The molecule has 4 N–H and O–H groups in total. The van der Waals surface area contributed by atoms with Crippen LogP contribution >= 0.6 is 0 Å².